The lowest BCUT2D eigenvalue weighted by Crippen LogP contribution is -2.25. The molecule has 0 aliphatic carbocycles. The number of hydrogen-bond donors (Lipinski definition) is 1. The minimum atomic E-state index is 0.0668. The number of thioether (sulfide) groups is 1. The van der Waals surface area contributed by atoms with E-state index in [1.165, 1.54) is 0 Å². The first-order chi connectivity index (χ1) is 12.6. The molecule has 0 unspecified atom stereocenters. The standard InChI is InChI=1S/C20H24ClNO3S/c1-24-18-8-7-15(13-19(18)25-2)9-11-22-20(23)10-12-26-14-16-5-3-4-6-17(16)21/h3-8,13H,9-12,14H2,1-2H3,(H,22,23). The summed E-state index contributed by atoms with van der Waals surface area (Å²) >= 11 is 7.84. The summed E-state index contributed by atoms with van der Waals surface area (Å²) in [6, 6.07) is 13.6. The van der Waals surface area contributed by atoms with E-state index in [1.54, 1.807) is 26.0 Å². The van der Waals surface area contributed by atoms with Crippen LogP contribution in [-0.2, 0) is 17.0 Å². The van der Waals surface area contributed by atoms with E-state index in [1.807, 2.05) is 42.5 Å². The van der Waals surface area contributed by atoms with Crippen LogP contribution in [-0.4, -0.2) is 32.4 Å². The molecule has 0 bridgehead atoms. The van der Waals surface area contributed by atoms with Crippen LogP contribution in [0.5, 0.6) is 11.5 Å². The van der Waals surface area contributed by atoms with Crippen molar-refractivity contribution in [2.45, 2.75) is 18.6 Å². The van der Waals surface area contributed by atoms with Gasteiger partial charge in [-0.3, -0.25) is 4.79 Å². The number of ether oxygens (including phenoxy) is 2. The van der Waals surface area contributed by atoms with E-state index in [2.05, 4.69) is 5.32 Å². The van der Waals surface area contributed by atoms with Gasteiger partial charge in [0, 0.05) is 29.5 Å². The average Bonchev–Trinajstić information content (AvgIpc) is 2.66. The maximum Gasteiger partial charge on any atom is 0.220 e. The van der Waals surface area contributed by atoms with Crippen molar-refractivity contribution in [1.29, 1.82) is 0 Å². The molecule has 0 radical (unpaired) electrons. The highest BCUT2D eigenvalue weighted by Crippen LogP contribution is 2.27. The Kier molecular flexibility index (Phi) is 8.65. The number of hydrogen-bond acceptors (Lipinski definition) is 4. The molecule has 26 heavy (non-hydrogen) atoms. The van der Waals surface area contributed by atoms with Crippen LogP contribution in [0.1, 0.15) is 17.5 Å². The highest BCUT2D eigenvalue weighted by molar-refractivity contribution is 7.98. The van der Waals surface area contributed by atoms with E-state index < -0.39 is 0 Å². The Bertz CT molecular complexity index is 724. The topological polar surface area (TPSA) is 47.6 Å². The highest BCUT2D eigenvalue weighted by atomic mass is 35.5. The van der Waals surface area contributed by atoms with Crippen LogP contribution < -0.4 is 14.8 Å². The molecule has 0 aliphatic rings. The third-order valence-corrected chi connectivity index (χ3v) is 5.25. The van der Waals surface area contributed by atoms with Gasteiger partial charge in [-0.05, 0) is 35.7 Å². The fourth-order valence-electron chi connectivity index (χ4n) is 2.43. The van der Waals surface area contributed by atoms with Crippen molar-refractivity contribution in [1.82, 2.24) is 5.32 Å². The number of rotatable bonds is 10. The van der Waals surface area contributed by atoms with Gasteiger partial charge in [0.15, 0.2) is 11.5 Å². The summed E-state index contributed by atoms with van der Waals surface area (Å²) in [6.07, 6.45) is 1.25. The number of amides is 1. The van der Waals surface area contributed by atoms with Crippen LogP contribution in [0, 0.1) is 0 Å². The third-order valence-electron chi connectivity index (χ3n) is 3.87. The fourth-order valence-corrected chi connectivity index (χ4v) is 3.66. The summed E-state index contributed by atoms with van der Waals surface area (Å²) in [4.78, 5) is 11.9. The van der Waals surface area contributed by atoms with Gasteiger partial charge in [0.25, 0.3) is 0 Å². The molecule has 0 heterocycles. The summed E-state index contributed by atoms with van der Waals surface area (Å²) in [5.74, 6) is 3.06. The maximum atomic E-state index is 11.9. The first-order valence-corrected chi connectivity index (χ1v) is 9.96. The molecule has 1 N–H and O–H groups in total. The van der Waals surface area contributed by atoms with Crippen LogP contribution in [0.25, 0.3) is 0 Å². The lowest BCUT2D eigenvalue weighted by Gasteiger charge is -2.10. The SMILES string of the molecule is COc1ccc(CCNC(=O)CCSCc2ccccc2Cl)cc1OC. The molecule has 0 saturated heterocycles. The van der Waals surface area contributed by atoms with E-state index >= 15 is 0 Å². The van der Waals surface area contributed by atoms with Crippen molar-refractivity contribution >= 4 is 29.3 Å². The van der Waals surface area contributed by atoms with Crippen molar-refractivity contribution < 1.29 is 14.3 Å². The van der Waals surface area contributed by atoms with Gasteiger partial charge in [-0.2, -0.15) is 11.8 Å². The van der Waals surface area contributed by atoms with Crippen molar-refractivity contribution in [2.24, 2.45) is 0 Å². The molecule has 140 valence electrons. The molecule has 0 spiro atoms. The lowest BCUT2D eigenvalue weighted by molar-refractivity contribution is -0.120. The number of methoxy groups -OCH3 is 2. The molecule has 1 amide bonds. The van der Waals surface area contributed by atoms with E-state index in [9.17, 15) is 4.79 Å². The van der Waals surface area contributed by atoms with E-state index in [-0.39, 0.29) is 5.91 Å². The van der Waals surface area contributed by atoms with E-state index in [0.717, 1.165) is 34.1 Å². The van der Waals surface area contributed by atoms with Gasteiger partial charge in [0.05, 0.1) is 14.2 Å². The second-order valence-electron chi connectivity index (χ2n) is 5.68. The van der Waals surface area contributed by atoms with Crippen LogP contribution in [0.15, 0.2) is 42.5 Å². The molecular weight excluding hydrogens is 370 g/mol. The summed E-state index contributed by atoms with van der Waals surface area (Å²) < 4.78 is 10.5. The van der Waals surface area contributed by atoms with E-state index in [4.69, 9.17) is 21.1 Å². The second kappa shape index (κ2) is 11.0. The van der Waals surface area contributed by atoms with E-state index in [0.29, 0.717) is 24.5 Å². The van der Waals surface area contributed by atoms with Gasteiger partial charge in [-0.15, -0.1) is 0 Å². The largest absolute Gasteiger partial charge is 0.493 e. The van der Waals surface area contributed by atoms with Crippen molar-refractivity contribution in [3.05, 3.63) is 58.6 Å². The summed E-state index contributed by atoms with van der Waals surface area (Å²) in [5.41, 5.74) is 2.20. The van der Waals surface area contributed by atoms with Gasteiger partial charge in [0.1, 0.15) is 0 Å². The molecule has 0 aromatic heterocycles. The molecule has 6 heteroatoms. The average molecular weight is 394 g/mol. The lowest BCUT2D eigenvalue weighted by atomic mass is 10.1. The van der Waals surface area contributed by atoms with Crippen LogP contribution in [0.2, 0.25) is 5.02 Å². The molecule has 0 fully saturated rings. The fraction of sp³-hybridized carbons (Fsp3) is 0.350. The van der Waals surface area contributed by atoms with Gasteiger partial charge in [0.2, 0.25) is 5.91 Å². The Morgan fingerprint density at radius 1 is 1.12 bits per heavy atom. The van der Waals surface area contributed by atoms with Crippen LogP contribution >= 0.6 is 23.4 Å². The quantitative estimate of drug-likeness (QED) is 0.610. The minimum absolute atomic E-state index is 0.0668. The zero-order valence-electron chi connectivity index (χ0n) is 15.1. The van der Waals surface area contributed by atoms with Gasteiger partial charge in [-0.25, -0.2) is 0 Å². The Morgan fingerprint density at radius 3 is 2.62 bits per heavy atom. The van der Waals surface area contributed by atoms with Crippen molar-refractivity contribution in [2.75, 3.05) is 26.5 Å². The van der Waals surface area contributed by atoms with Gasteiger partial charge in [-0.1, -0.05) is 35.9 Å². The number of halogens is 1. The van der Waals surface area contributed by atoms with Crippen LogP contribution in [0.3, 0.4) is 0 Å². The molecule has 0 saturated carbocycles. The summed E-state index contributed by atoms with van der Waals surface area (Å²) in [5, 5.41) is 3.73. The predicted octanol–water partition coefficient (Wildman–Crippen LogP) is 4.34. The zero-order chi connectivity index (χ0) is 18.8. The molecule has 0 atom stereocenters. The van der Waals surface area contributed by atoms with Gasteiger partial charge < -0.3 is 14.8 Å². The molecule has 4 nitrogen and oxygen atoms in total. The third kappa shape index (κ3) is 6.46. The maximum absolute atomic E-state index is 11.9. The molecule has 2 aromatic carbocycles. The van der Waals surface area contributed by atoms with Crippen LogP contribution in [0.4, 0.5) is 0 Å². The Hall–Kier alpha value is -1.85. The summed E-state index contributed by atoms with van der Waals surface area (Å²) in [7, 11) is 3.23. The Balaban J connectivity index is 1.65. The number of benzene rings is 2. The predicted molar refractivity (Wildman–Crippen MR) is 108 cm³/mol. The number of carbonyl (C=O) groups is 1. The number of carbonyl (C=O) groups excluding carboxylic acids is 1. The van der Waals surface area contributed by atoms with Crippen molar-refractivity contribution in [3.8, 4) is 11.5 Å². The summed E-state index contributed by atoms with van der Waals surface area (Å²) in [6.45, 7) is 0.601. The number of nitrogens with one attached hydrogen (secondary N) is 1. The normalized spacial score (nSPS) is 10.4. The van der Waals surface area contributed by atoms with Gasteiger partial charge >= 0.3 is 0 Å². The Morgan fingerprint density at radius 2 is 1.88 bits per heavy atom. The molecule has 2 rings (SSSR count). The minimum Gasteiger partial charge on any atom is -0.493 e. The highest BCUT2D eigenvalue weighted by Gasteiger charge is 2.06. The monoisotopic (exact) mass is 393 g/mol. The first kappa shape index (κ1) is 20.5. The molecular formula is C20H24ClNO3S. The zero-order valence-corrected chi connectivity index (χ0v) is 16.7. The Labute approximate surface area is 164 Å². The molecule has 0 aliphatic heterocycles. The second-order valence-corrected chi connectivity index (χ2v) is 7.20. The van der Waals surface area contributed by atoms with Crippen molar-refractivity contribution in [3.63, 3.8) is 0 Å². The smallest absolute Gasteiger partial charge is 0.220 e. The molecule has 2 aromatic rings. The first-order valence-electron chi connectivity index (χ1n) is 8.42.